The summed E-state index contributed by atoms with van der Waals surface area (Å²) < 4.78 is 6.56. The Kier molecular flexibility index (Phi) is 4.23. The zero-order chi connectivity index (χ0) is 14.6. The molecule has 0 bridgehead atoms. The van der Waals surface area contributed by atoms with E-state index in [4.69, 9.17) is 9.84 Å². The Morgan fingerprint density at radius 1 is 1.55 bits per heavy atom. The van der Waals surface area contributed by atoms with Gasteiger partial charge in [-0.2, -0.15) is 5.10 Å². The molecule has 1 fully saturated rings. The van der Waals surface area contributed by atoms with E-state index in [1.807, 2.05) is 0 Å². The number of anilines is 1. The number of aliphatic carboxylic acids is 1. The number of hydrogen-bond acceptors (Lipinski definition) is 4. The van der Waals surface area contributed by atoms with Gasteiger partial charge in [-0.3, -0.25) is 4.68 Å². The molecule has 1 aliphatic carbocycles. The first kappa shape index (κ1) is 14.3. The van der Waals surface area contributed by atoms with Crippen LogP contribution in [0.15, 0.2) is 12.4 Å². The highest BCUT2D eigenvalue weighted by Crippen LogP contribution is 2.32. The maximum atomic E-state index is 11.8. The van der Waals surface area contributed by atoms with Crippen LogP contribution in [-0.4, -0.2) is 46.1 Å². The third-order valence-electron chi connectivity index (χ3n) is 3.38. The van der Waals surface area contributed by atoms with Gasteiger partial charge in [0.15, 0.2) is 0 Å². The van der Waals surface area contributed by atoms with E-state index in [1.54, 1.807) is 18.0 Å². The predicted octanol–water partition coefficient (Wildman–Crippen LogP) is 0.658. The Morgan fingerprint density at radius 2 is 2.30 bits per heavy atom. The molecule has 20 heavy (non-hydrogen) atoms. The second kappa shape index (κ2) is 5.91. The highest BCUT2D eigenvalue weighted by Gasteiger charge is 2.45. The molecule has 0 aliphatic heterocycles. The first-order chi connectivity index (χ1) is 9.55. The van der Waals surface area contributed by atoms with Crippen molar-refractivity contribution < 1.29 is 19.4 Å². The zero-order valence-corrected chi connectivity index (χ0v) is 11.3. The first-order valence-electron chi connectivity index (χ1n) is 6.40. The van der Waals surface area contributed by atoms with Gasteiger partial charge in [0, 0.05) is 13.3 Å². The fourth-order valence-corrected chi connectivity index (χ4v) is 2.04. The maximum absolute atomic E-state index is 11.8. The number of nitrogens with zero attached hydrogens (tertiary/aromatic N) is 2. The van der Waals surface area contributed by atoms with E-state index >= 15 is 0 Å². The molecule has 0 aromatic carbocycles. The molecule has 0 saturated heterocycles. The summed E-state index contributed by atoms with van der Waals surface area (Å²) in [6.07, 6.45) is 4.89. The lowest BCUT2D eigenvalue weighted by Gasteiger charge is -2.37. The van der Waals surface area contributed by atoms with E-state index in [9.17, 15) is 9.59 Å². The van der Waals surface area contributed by atoms with Crippen LogP contribution in [0.1, 0.15) is 19.3 Å². The van der Waals surface area contributed by atoms with Gasteiger partial charge in [0.05, 0.1) is 25.0 Å². The third kappa shape index (κ3) is 3.08. The summed E-state index contributed by atoms with van der Waals surface area (Å²) >= 11 is 0. The van der Waals surface area contributed by atoms with E-state index in [0.717, 1.165) is 6.42 Å². The van der Waals surface area contributed by atoms with Crippen LogP contribution in [0.5, 0.6) is 0 Å². The zero-order valence-electron chi connectivity index (χ0n) is 11.3. The molecule has 8 nitrogen and oxygen atoms in total. The molecular weight excluding hydrogens is 264 g/mol. The van der Waals surface area contributed by atoms with Crippen molar-refractivity contribution in [2.45, 2.75) is 31.3 Å². The van der Waals surface area contributed by atoms with Gasteiger partial charge in [0.1, 0.15) is 5.54 Å². The molecule has 1 aromatic rings. The quantitative estimate of drug-likeness (QED) is 0.710. The van der Waals surface area contributed by atoms with Crippen molar-refractivity contribution in [3.63, 3.8) is 0 Å². The highest BCUT2D eigenvalue weighted by molar-refractivity contribution is 5.94. The second-order valence-electron chi connectivity index (χ2n) is 4.80. The van der Waals surface area contributed by atoms with Crippen LogP contribution >= 0.6 is 0 Å². The minimum Gasteiger partial charge on any atom is -0.480 e. The molecule has 1 aliphatic rings. The number of hydrogen-bond donors (Lipinski definition) is 3. The lowest BCUT2D eigenvalue weighted by atomic mass is 9.77. The summed E-state index contributed by atoms with van der Waals surface area (Å²) in [7, 11) is 1.60. The Hall–Kier alpha value is -2.09. The Balaban J connectivity index is 1.88. The number of ether oxygens (including phenoxy) is 1. The third-order valence-corrected chi connectivity index (χ3v) is 3.38. The number of aromatic nitrogens is 2. The van der Waals surface area contributed by atoms with Gasteiger partial charge in [0.25, 0.3) is 0 Å². The van der Waals surface area contributed by atoms with Crippen LogP contribution in [0.2, 0.25) is 0 Å². The van der Waals surface area contributed by atoms with Crippen LogP contribution in [0.25, 0.3) is 0 Å². The molecule has 1 heterocycles. The van der Waals surface area contributed by atoms with Gasteiger partial charge in [-0.05, 0) is 19.3 Å². The smallest absolute Gasteiger partial charge is 0.329 e. The summed E-state index contributed by atoms with van der Waals surface area (Å²) in [6.45, 7) is 1.11. The number of carbonyl (C=O) groups excluding carboxylic acids is 1. The lowest BCUT2D eigenvalue weighted by Crippen LogP contribution is -2.60. The van der Waals surface area contributed by atoms with Crippen LogP contribution in [0, 0.1) is 0 Å². The summed E-state index contributed by atoms with van der Waals surface area (Å²) in [6, 6.07) is -0.529. The Labute approximate surface area is 116 Å². The normalized spacial score (nSPS) is 16.2. The largest absolute Gasteiger partial charge is 0.480 e. The molecule has 2 rings (SSSR count). The first-order valence-corrected chi connectivity index (χ1v) is 6.40. The number of rotatable bonds is 6. The van der Waals surface area contributed by atoms with Crippen LogP contribution in [0.4, 0.5) is 10.5 Å². The van der Waals surface area contributed by atoms with Gasteiger partial charge in [-0.15, -0.1) is 0 Å². The summed E-state index contributed by atoms with van der Waals surface area (Å²) in [5.41, 5.74) is -0.602. The van der Waals surface area contributed by atoms with Crippen LogP contribution in [-0.2, 0) is 16.1 Å². The van der Waals surface area contributed by atoms with Crippen molar-refractivity contribution >= 4 is 17.7 Å². The van der Waals surface area contributed by atoms with E-state index in [0.29, 0.717) is 31.7 Å². The highest BCUT2D eigenvalue weighted by atomic mass is 16.5. The average molecular weight is 282 g/mol. The maximum Gasteiger partial charge on any atom is 0.329 e. The fraction of sp³-hybridized carbons (Fsp3) is 0.583. The number of carboxylic acids is 1. The van der Waals surface area contributed by atoms with Crippen molar-refractivity contribution in [1.82, 2.24) is 15.1 Å². The Morgan fingerprint density at radius 3 is 2.85 bits per heavy atom. The molecule has 110 valence electrons. The molecule has 1 aromatic heterocycles. The predicted molar refractivity (Wildman–Crippen MR) is 70.5 cm³/mol. The van der Waals surface area contributed by atoms with E-state index in [2.05, 4.69) is 15.7 Å². The molecule has 2 amide bonds. The number of carbonyl (C=O) groups is 2. The van der Waals surface area contributed by atoms with Crippen molar-refractivity contribution in [3.8, 4) is 0 Å². The molecule has 0 unspecified atom stereocenters. The molecule has 3 N–H and O–H groups in total. The standard InChI is InChI=1S/C12H18N4O4/c1-20-6-5-16-8-9(7-13-16)14-11(19)15-12(10(17)18)3-2-4-12/h7-8H,2-6H2,1H3,(H,17,18)(H2,14,15,19). The average Bonchev–Trinajstić information content (AvgIpc) is 2.78. The van der Waals surface area contributed by atoms with E-state index in [-0.39, 0.29) is 0 Å². The number of urea groups is 1. The van der Waals surface area contributed by atoms with Crippen molar-refractivity contribution in [1.29, 1.82) is 0 Å². The Bertz CT molecular complexity index is 495. The fourth-order valence-electron chi connectivity index (χ4n) is 2.04. The SMILES string of the molecule is COCCn1cc(NC(=O)NC2(C(=O)O)CCC2)cn1. The van der Waals surface area contributed by atoms with Gasteiger partial charge < -0.3 is 20.5 Å². The van der Waals surface area contributed by atoms with Gasteiger partial charge in [-0.1, -0.05) is 0 Å². The van der Waals surface area contributed by atoms with Gasteiger partial charge >= 0.3 is 12.0 Å². The number of carboxylic acid groups (broad SMARTS) is 1. The topological polar surface area (TPSA) is 105 Å². The molecule has 8 heteroatoms. The van der Waals surface area contributed by atoms with Crippen LogP contribution < -0.4 is 10.6 Å². The van der Waals surface area contributed by atoms with Gasteiger partial charge in [-0.25, -0.2) is 9.59 Å². The molecule has 0 radical (unpaired) electrons. The molecule has 0 spiro atoms. The van der Waals surface area contributed by atoms with Crippen molar-refractivity contribution in [2.24, 2.45) is 0 Å². The molecule has 1 saturated carbocycles. The number of methoxy groups -OCH3 is 1. The van der Waals surface area contributed by atoms with E-state index in [1.165, 1.54) is 6.20 Å². The minimum absolute atomic E-state index is 0.461. The lowest BCUT2D eigenvalue weighted by molar-refractivity contribution is -0.148. The van der Waals surface area contributed by atoms with Crippen LogP contribution in [0.3, 0.4) is 0 Å². The molecular formula is C12H18N4O4. The van der Waals surface area contributed by atoms with Crippen molar-refractivity contribution in [3.05, 3.63) is 12.4 Å². The van der Waals surface area contributed by atoms with Crippen molar-refractivity contribution in [2.75, 3.05) is 19.0 Å². The molecule has 0 atom stereocenters. The summed E-state index contributed by atoms with van der Waals surface area (Å²) in [5.74, 6) is -0.991. The summed E-state index contributed by atoms with van der Waals surface area (Å²) in [5, 5.41) is 18.3. The monoisotopic (exact) mass is 282 g/mol. The minimum atomic E-state index is -1.11. The van der Waals surface area contributed by atoms with E-state index < -0.39 is 17.5 Å². The summed E-state index contributed by atoms with van der Waals surface area (Å²) in [4.78, 5) is 22.9. The second-order valence-corrected chi connectivity index (χ2v) is 4.80. The number of amides is 2. The van der Waals surface area contributed by atoms with Gasteiger partial charge in [0.2, 0.25) is 0 Å². The number of nitrogens with one attached hydrogen (secondary N) is 2.